The summed E-state index contributed by atoms with van der Waals surface area (Å²) in [5.74, 6) is 0. The van der Waals surface area contributed by atoms with Gasteiger partial charge in [-0.05, 0) is 19.9 Å². The maximum Gasteiger partial charge on any atom is 0.0824 e. The highest BCUT2D eigenvalue weighted by Gasteiger charge is 2.25. The van der Waals surface area contributed by atoms with Gasteiger partial charge in [-0.25, -0.2) is 0 Å². The molecule has 0 bridgehead atoms. The molecule has 0 saturated carbocycles. The van der Waals surface area contributed by atoms with Crippen LogP contribution in [0.1, 0.15) is 18.3 Å². The van der Waals surface area contributed by atoms with Gasteiger partial charge in [-0.1, -0.05) is 0 Å². The molecule has 0 radical (unpaired) electrons. The van der Waals surface area contributed by atoms with Crippen LogP contribution in [0.25, 0.3) is 0 Å². The Hall–Kier alpha value is -0.910. The van der Waals surface area contributed by atoms with Gasteiger partial charge in [0.1, 0.15) is 0 Å². The Morgan fingerprint density at radius 1 is 1.59 bits per heavy atom. The third-order valence-corrected chi connectivity index (χ3v) is 3.36. The third kappa shape index (κ3) is 2.86. The lowest BCUT2D eigenvalue weighted by molar-refractivity contribution is -0.0574. The molecule has 17 heavy (non-hydrogen) atoms. The van der Waals surface area contributed by atoms with Gasteiger partial charge in [0.05, 0.1) is 24.1 Å². The summed E-state index contributed by atoms with van der Waals surface area (Å²) in [6, 6.07) is 2.58. The summed E-state index contributed by atoms with van der Waals surface area (Å²) in [5.41, 5.74) is 7.98. The fraction of sp³-hybridized carbons (Fsp3) is 0.750. The smallest absolute Gasteiger partial charge is 0.0824 e. The molecule has 2 unspecified atom stereocenters. The predicted octanol–water partition coefficient (Wildman–Crippen LogP) is 0.277. The van der Waals surface area contributed by atoms with Crippen LogP contribution >= 0.6 is 0 Å². The van der Waals surface area contributed by atoms with Gasteiger partial charge in [0, 0.05) is 32.7 Å². The molecule has 0 aromatic carbocycles. The first-order valence-electron chi connectivity index (χ1n) is 6.15. The van der Waals surface area contributed by atoms with Crippen LogP contribution in [0.4, 0.5) is 0 Å². The van der Waals surface area contributed by atoms with Gasteiger partial charge in [-0.2, -0.15) is 5.10 Å². The summed E-state index contributed by atoms with van der Waals surface area (Å²) in [7, 11) is 1.99. The largest absolute Gasteiger partial charge is 0.374 e. The van der Waals surface area contributed by atoms with E-state index in [1.54, 1.807) is 0 Å². The van der Waals surface area contributed by atoms with Crippen molar-refractivity contribution >= 4 is 0 Å². The Labute approximate surface area is 103 Å². The molecule has 0 spiro atoms. The van der Waals surface area contributed by atoms with E-state index in [9.17, 15) is 0 Å². The van der Waals surface area contributed by atoms with Crippen molar-refractivity contribution in [1.29, 1.82) is 0 Å². The van der Waals surface area contributed by atoms with Crippen LogP contribution in [0.3, 0.4) is 0 Å². The van der Waals surface area contributed by atoms with Crippen molar-refractivity contribution in [2.45, 2.75) is 32.5 Å². The molecule has 2 heterocycles. The SMILES string of the molecule is Cc1cc(CN2CC(CN)OCC2C)n(C)n1. The molecule has 1 aromatic heterocycles. The second kappa shape index (κ2) is 5.16. The van der Waals surface area contributed by atoms with Crippen molar-refractivity contribution in [2.75, 3.05) is 19.7 Å². The van der Waals surface area contributed by atoms with Gasteiger partial charge in [0.25, 0.3) is 0 Å². The average molecular weight is 238 g/mol. The first kappa shape index (κ1) is 12.5. The second-order valence-electron chi connectivity index (χ2n) is 4.87. The summed E-state index contributed by atoms with van der Waals surface area (Å²) in [4.78, 5) is 2.41. The predicted molar refractivity (Wildman–Crippen MR) is 66.6 cm³/mol. The number of hydrogen-bond acceptors (Lipinski definition) is 4. The van der Waals surface area contributed by atoms with E-state index in [1.807, 2.05) is 18.7 Å². The Balaban J connectivity index is 2.03. The Bertz CT molecular complexity index is 377. The van der Waals surface area contributed by atoms with Crippen LogP contribution in [0.2, 0.25) is 0 Å². The van der Waals surface area contributed by atoms with E-state index in [0.29, 0.717) is 12.6 Å². The molecule has 1 aliphatic heterocycles. The zero-order chi connectivity index (χ0) is 12.4. The third-order valence-electron chi connectivity index (χ3n) is 3.36. The molecular formula is C12H22N4O. The van der Waals surface area contributed by atoms with Gasteiger partial charge in [0.15, 0.2) is 0 Å². The number of ether oxygens (including phenoxy) is 1. The molecule has 5 heteroatoms. The highest BCUT2D eigenvalue weighted by Crippen LogP contribution is 2.15. The monoisotopic (exact) mass is 238 g/mol. The topological polar surface area (TPSA) is 56.3 Å². The lowest BCUT2D eigenvalue weighted by Gasteiger charge is -2.37. The Morgan fingerprint density at radius 2 is 2.35 bits per heavy atom. The second-order valence-corrected chi connectivity index (χ2v) is 4.87. The van der Waals surface area contributed by atoms with Crippen molar-refractivity contribution in [1.82, 2.24) is 14.7 Å². The minimum atomic E-state index is 0.167. The van der Waals surface area contributed by atoms with Crippen LogP contribution in [-0.4, -0.2) is 46.5 Å². The fourth-order valence-corrected chi connectivity index (χ4v) is 2.26. The molecule has 1 aliphatic rings. The van der Waals surface area contributed by atoms with E-state index in [4.69, 9.17) is 10.5 Å². The summed E-state index contributed by atoms with van der Waals surface area (Å²) in [6.45, 7) is 7.39. The Morgan fingerprint density at radius 3 is 2.94 bits per heavy atom. The van der Waals surface area contributed by atoms with Crippen molar-refractivity contribution in [3.8, 4) is 0 Å². The summed E-state index contributed by atoms with van der Waals surface area (Å²) in [6.07, 6.45) is 0.167. The molecule has 96 valence electrons. The maximum atomic E-state index is 5.67. The zero-order valence-electron chi connectivity index (χ0n) is 10.9. The van der Waals surface area contributed by atoms with Crippen LogP contribution in [0, 0.1) is 6.92 Å². The molecule has 1 aromatic rings. The van der Waals surface area contributed by atoms with Gasteiger partial charge >= 0.3 is 0 Å². The molecule has 2 N–H and O–H groups in total. The maximum absolute atomic E-state index is 5.67. The van der Waals surface area contributed by atoms with E-state index in [0.717, 1.165) is 25.4 Å². The number of hydrogen-bond donors (Lipinski definition) is 1. The van der Waals surface area contributed by atoms with Crippen LogP contribution < -0.4 is 5.73 Å². The first-order chi connectivity index (χ1) is 8.10. The number of nitrogens with two attached hydrogens (primary N) is 1. The van der Waals surface area contributed by atoms with Crippen LogP contribution in [0.5, 0.6) is 0 Å². The molecule has 2 rings (SSSR count). The molecule has 0 amide bonds. The molecule has 0 aliphatic carbocycles. The lowest BCUT2D eigenvalue weighted by Crippen LogP contribution is -2.50. The summed E-state index contributed by atoms with van der Waals surface area (Å²) < 4.78 is 7.61. The number of aromatic nitrogens is 2. The highest BCUT2D eigenvalue weighted by molar-refractivity contribution is 5.08. The van der Waals surface area contributed by atoms with E-state index in [1.165, 1.54) is 5.69 Å². The van der Waals surface area contributed by atoms with E-state index < -0.39 is 0 Å². The van der Waals surface area contributed by atoms with Gasteiger partial charge in [-0.15, -0.1) is 0 Å². The van der Waals surface area contributed by atoms with E-state index in [2.05, 4.69) is 23.0 Å². The van der Waals surface area contributed by atoms with Crippen molar-refractivity contribution in [2.24, 2.45) is 12.8 Å². The summed E-state index contributed by atoms with van der Waals surface area (Å²) >= 11 is 0. The quantitative estimate of drug-likeness (QED) is 0.821. The van der Waals surface area contributed by atoms with Gasteiger partial charge in [-0.3, -0.25) is 9.58 Å². The molecule has 2 atom stereocenters. The van der Waals surface area contributed by atoms with Crippen molar-refractivity contribution in [3.05, 3.63) is 17.5 Å². The molecule has 1 saturated heterocycles. The normalized spacial score (nSPS) is 26.4. The first-order valence-corrected chi connectivity index (χ1v) is 6.15. The van der Waals surface area contributed by atoms with Crippen molar-refractivity contribution in [3.63, 3.8) is 0 Å². The van der Waals surface area contributed by atoms with Crippen molar-refractivity contribution < 1.29 is 4.74 Å². The van der Waals surface area contributed by atoms with E-state index >= 15 is 0 Å². The zero-order valence-corrected chi connectivity index (χ0v) is 10.9. The van der Waals surface area contributed by atoms with Gasteiger partial charge < -0.3 is 10.5 Å². The molecular weight excluding hydrogens is 216 g/mol. The number of rotatable bonds is 3. The highest BCUT2D eigenvalue weighted by atomic mass is 16.5. The standard InChI is InChI=1S/C12H22N4O/c1-9-4-11(15(3)14-9)6-16-7-12(5-13)17-8-10(16)2/h4,10,12H,5-8,13H2,1-3H3. The molecule has 1 fully saturated rings. The Kier molecular flexibility index (Phi) is 3.81. The molecule has 5 nitrogen and oxygen atoms in total. The fourth-order valence-electron chi connectivity index (χ4n) is 2.26. The average Bonchev–Trinajstić information content (AvgIpc) is 2.60. The van der Waals surface area contributed by atoms with Gasteiger partial charge in [0.2, 0.25) is 0 Å². The summed E-state index contributed by atoms with van der Waals surface area (Å²) in [5, 5.41) is 4.37. The number of aryl methyl sites for hydroxylation is 2. The minimum absolute atomic E-state index is 0.167. The van der Waals surface area contributed by atoms with Crippen LogP contribution in [0.15, 0.2) is 6.07 Å². The van der Waals surface area contributed by atoms with Crippen LogP contribution in [-0.2, 0) is 18.3 Å². The lowest BCUT2D eigenvalue weighted by atomic mass is 10.2. The minimum Gasteiger partial charge on any atom is -0.374 e. The number of nitrogens with zero attached hydrogens (tertiary/aromatic N) is 3. The van der Waals surface area contributed by atoms with E-state index in [-0.39, 0.29) is 6.10 Å². The number of morpholine rings is 1.